The predicted octanol–water partition coefficient (Wildman–Crippen LogP) is 2.56. The molecule has 21 heavy (non-hydrogen) atoms. The molecule has 0 fully saturated rings. The monoisotopic (exact) mass is 286 g/mol. The van der Waals surface area contributed by atoms with Crippen LogP contribution in [0.2, 0.25) is 0 Å². The molecule has 0 bridgehead atoms. The lowest BCUT2D eigenvalue weighted by Gasteiger charge is -2.07. The highest BCUT2D eigenvalue weighted by atomic mass is 16.5. The first kappa shape index (κ1) is 14.8. The van der Waals surface area contributed by atoms with E-state index in [9.17, 15) is 0 Å². The Morgan fingerprint density at radius 1 is 1.05 bits per heavy atom. The highest BCUT2D eigenvalue weighted by molar-refractivity contribution is 5.84. The molecule has 0 radical (unpaired) electrons. The van der Waals surface area contributed by atoms with Gasteiger partial charge in [0.1, 0.15) is 11.5 Å². The normalized spacial score (nSPS) is 10.7. The van der Waals surface area contributed by atoms with E-state index in [-0.39, 0.29) is 0 Å². The Kier molecular flexibility index (Phi) is 4.71. The molecule has 6 heteroatoms. The number of hydrogen-bond acceptors (Lipinski definition) is 6. The van der Waals surface area contributed by atoms with Crippen LogP contribution >= 0.6 is 0 Å². The van der Waals surface area contributed by atoms with Crippen LogP contribution in [0.3, 0.4) is 0 Å². The molecule has 2 aromatic rings. The number of rotatable bonds is 5. The van der Waals surface area contributed by atoms with Crippen molar-refractivity contribution in [3.05, 3.63) is 41.2 Å². The molecule has 0 aliphatic rings. The minimum absolute atomic E-state index is 0.469. The number of nitrogens with one attached hydrogen (secondary N) is 1. The number of ether oxygens (including phenoxy) is 2. The summed E-state index contributed by atoms with van der Waals surface area (Å²) < 4.78 is 10.5. The quantitative estimate of drug-likeness (QED) is 0.675. The molecule has 6 nitrogen and oxygen atoms in total. The zero-order chi connectivity index (χ0) is 15.2. The first-order valence-electron chi connectivity index (χ1n) is 6.46. The van der Waals surface area contributed by atoms with Gasteiger partial charge in [-0.25, -0.2) is 15.4 Å². The van der Waals surface area contributed by atoms with Crippen molar-refractivity contribution >= 4 is 12.2 Å². The molecule has 1 N–H and O–H groups in total. The van der Waals surface area contributed by atoms with Gasteiger partial charge < -0.3 is 9.47 Å². The Hall–Kier alpha value is -2.63. The number of benzene rings is 1. The molecule has 110 valence electrons. The first-order chi connectivity index (χ1) is 10.1. The van der Waals surface area contributed by atoms with Crippen LogP contribution in [0.5, 0.6) is 11.5 Å². The van der Waals surface area contributed by atoms with Gasteiger partial charge in [0.15, 0.2) is 0 Å². The molecule has 1 heterocycles. The number of nitrogens with zero attached hydrogens (tertiary/aromatic N) is 3. The Morgan fingerprint density at radius 3 is 2.38 bits per heavy atom. The average Bonchev–Trinajstić information content (AvgIpc) is 2.46. The third-order valence-electron chi connectivity index (χ3n) is 2.79. The number of hydrogen-bond donors (Lipinski definition) is 1. The smallest absolute Gasteiger partial charge is 0.243 e. The van der Waals surface area contributed by atoms with Crippen molar-refractivity contribution in [1.29, 1.82) is 0 Å². The topological polar surface area (TPSA) is 68.6 Å². The second-order valence-electron chi connectivity index (χ2n) is 4.45. The molecule has 0 aliphatic heterocycles. The van der Waals surface area contributed by atoms with Gasteiger partial charge in [0.05, 0.1) is 20.4 Å². The summed E-state index contributed by atoms with van der Waals surface area (Å²) in [4.78, 5) is 8.50. The van der Waals surface area contributed by atoms with E-state index in [1.165, 1.54) is 0 Å². The summed E-state index contributed by atoms with van der Waals surface area (Å²) in [7, 11) is 3.22. The second-order valence-corrected chi connectivity index (χ2v) is 4.45. The van der Waals surface area contributed by atoms with Crippen LogP contribution in [0, 0.1) is 13.8 Å². The van der Waals surface area contributed by atoms with Crippen LogP contribution in [0.15, 0.2) is 29.4 Å². The summed E-state index contributed by atoms with van der Waals surface area (Å²) in [5.41, 5.74) is 5.43. The molecule has 1 aromatic carbocycles. The van der Waals surface area contributed by atoms with Crippen LogP contribution in [0.25, 0.3) is 0 Å². The largest absolute Gasteiger partial charge is 0.497 e. The van der Waals surface area contributed by atoms with Crippen LogP contribution in [0.1, 0.15) is 17.0 Å². The number of methoxy groups -OCH3 is 2. The van der Waals surface area contributed by atoms with E-state index in [1.807, 2.05) is 32.0 Å². The number of anilines is 1. The maximum absolute atomic E-state index is 5.30. The van der Waals surface area contributed by atoms with Crippen molar-refractivity contribution < 1.29 is 9.47 Å². The van der Waals surface area contributed by atoms with Gasteiger partial charge in [-0.2, -0.15) is 5.10 Å². The molecule has 0 spiro atoms. The minimum atomic E-state index is 0.469. The molecular formula is C15H18N4O2. The molecule has 0 unspecified atom stereocenters. The van der Waals surface area contributed by atoms with Gasteiger partial charge >= 0.3 is 0 Å². The van der Waals surface area contributed by atoms with Crippen molar-refractivity contribution in [1.82, 2.24) is 9.97 Å². The highest BCUT2D eigenvalue weighted by Crippen LogP contribution is 2.23. The number of aryl methyl sites for hydroxylation is 2. The second kappa shape index (κ2) is 6.69. The fourth-order valence-electron chi connectivity index (χ4n) is 1.86. The highest BCUT2D eigenvalue weighted by Gasteiger charge is 2.03. The predicted molar refractivity (Wildman–Crippen MR) is 82.3 cm³/mol. The summed E-state index contributed by atoms with van der Waals surface area (Å²) in [5, 5.41) is 4.14. The summed E-state index contributed by atoms with van der Waals surface area (Å²) in [5.74, 6) is 1.88. The van der Waals surface area contributed by atoms with Crippen LogP contribution in [-0.4, -0.2) is 30.4 Å². The Labute approximate surface area is 123 Å². The molecule has 0 saturated carbocycles. The van der Waals surface area contributed by atoms with Crippen molar-refractivity contribution in [3.8, 4) is 11.5 Å². The van der Waals surface area contributed by atoms with E-state index in [0.29, 0.717) is 11.7 Å². The molecule has 0 amide bonds. The van der Waals surface area contributed by atoms with Gasteiger partial charge in [-0.05, 0) is 32.0 Å². The SMILES string of the molecule is COc1ccc(C=NNc2nc(C)cc(C)n2)c(OC)c1. The van der Waals surface area contributed by atoms with E-state index in [2.05, 4.69) is 20.5 Å². The molecular weight excluding hydrogens is 268 g/mol. The third-order valence-corrected chi connectivity index (χ3v) is 2.79. The van der Waals surface area contributed by atoms with Gasteiger partial charge in [0, 0.05) is 23.0 Å². The van der Waals surface area contributed by atoms with E-state index in [1.54, 1.807) is 26.5 Å². The van der Waals surface area contributed by atoms with E-state index < -0.39 is 0 Å². The molecule has 0 atom stereocenters. The fraction of sp³-hybridized carbons (Fsp3) is 0.267. The maximum atomic E-state index is 5.30. The summed E-state index contributed by atoms with van der Waals surface area (Å²) in [6.45, 7) is 3.83. The van der Waals surface area contributed by atoms with Gasteiger partial charge in [0.25, 0.3) is 0 Å². The number of aromatic nitrogens is 2. The standard InChI is InChI=1S/C15H18N4O2/c1-10-7-11(2)18-15(17-10)19-16-9-12-5-6-13(20-3)8-14(12)21-4/h5-9H,1-4H3,(H,17,18,19). The summed E-state index contributed by atoms with van der Waals surface area (Å²) in [6, 6.07) is 7.42. The van der Waals surface area contributed by atoms with Crippen LogP contribution < -0.4 is 14.9 Å². The van der Waals surface area contributed by atoms with Gasteiger partial charge in [-0.15, -0.1) is 0 Å². The van der Waals surface area contributed by atoms with Gasteiger partial charge in [0.2, 0.25) is 5.95 Å². The van der Waals surface area contributed by atoms with Crippen molar-refractivity contribution in [2.45, 2.75) is 13.8 Å². The lowest BCUT2D eigenvalue weighted by atomic mass is 10.2. The number of hydrazone groups is 1. The van der Waals surface area contributed by atoms with E-state index in [4.69, 9.17) is 9.47 Å². The molecule has 1 aromatic heterocycles. The molecule has 2 rings (SSSR count). The lowest BCUT2D eigenvalue weighted by Crippen LogP contribution is -2.00. The van der Waals surface area contributed by atoms with Crippen LogP contribution in [-0.2, 0) is 0 Å². The van der Waals surface area contributed by atoms with Gasteiger partial charge in [-0.3, -0.25) is 0 Å². The lowest BCUT2D eigenvalue weighted by molar-refractivity contribution is 0.394. The zero-order valence-electron chi connectivity index (χ0n) is 12.5. The van der Waals surface area contributed by atoms with E-state index >= 15 is 0 Å². The average molecular weight is 286 g/mol. The zero-order valence-corrected chi connectivity index (χ0v) is 12.5. The van der Waals surface area contributed by atoms with Crippen molar-refractivity contribution in [2.24, 2.45) is 5.10 Å². The summed E-state index contributed by atoms with van der Waals surface area (Å²) in [6.07, 6.45) is 1.65. The Bertz CT molecular complexity index is 636. The molecule has 0 aliphatic carbocycles. The Balaban J connectivity index is 2.14. The molecule has 0 saturated heterocycles. The third kappa shape index (κ3) is 3.92. The summed E-state index contributed by atoms with van der Waals surface area (Å²) >= 11 is 0. The van der Waals surface area contributed by atoms with Crippen molar-refractivity contribution in [2.75, 3.05) is 19.6 Å². The van der Waals surface area contributed by atoms with Crippen LogP contribution in [0.4, 0.5) is 5.95 Å². The maximum Gasteiger partial charge on any atom is 0.243 e. The van der Waals surface area contributed by atoms with Gasteiger partial charge in [-0.1, -0.05) is 0 Å². The minimum Gasteiger partial charge on any atom is -0.497 e. The van der Waals surface area contributed by atoms with Crippen molar-refractivity contribution in [3.63, 3.8) is 0 Å². The fourth-order valence-corrected chi connectivity index (χ4v) is 1.86. The first-order valence-corrected chi connectivity index (χ1v) is 6.46. The van der Waals surface area contributed by atoms with E-state index in [0.717, 1.165) is 22.7 Å². The Morgan fingerprint density at radius 2 is 1.76 bits per heavy atom.